The molecule has 0 saturated heterocycles. The third-order valence-corrected chi connectivity index (χ3v) is 4.62. The van der Waals surface area contributed by atoms with Crippen LogP contribution in [-0.2, 0) is 6.54 Å². The van der Waals surface area contributed by atoms with Gasteiger partial charge in [-0.05, 0) is 42.8 Å². The lowest BCUT2D eigenvalue weighted by Crippen LogP contribution is -2.23. The van der Waals surface area contributed by atoms with Crippen LogP contribution < -0.4 is 20.3 Å². The number of aryl methyl sites for hydroxylation is 1. The molecule has 4 rings (SSSR count). The molecule has 0 unspecified atom stereocenters. The Morgan fingerprint density at radius 1 is 1.00 bits per heavy atom. The molecule has 3 aromatic heterocycles. The van der Waals surface area contributed by atoms with E-state index in [4.69, 9.17) is 9.47 Å². The molecule has 0 atom stereocenters. The number of hydrogen-bond acceptors (Lipinski definition) is 8. The first kappa shape index (κ1) is 19.3. The van der Waals surface area contributed by atoms with Crippen LogP contribution >= 0.6 is 0 Å². The summed E-state index contributed by atoms with van der Waals surface area (Å²) in [5.74, 6) is 1.48. The molecule has 0 fully saturated rings. The molecule has 0 aliphatic heterocycles. The van der Waals surface area contributed by atoms with Crippen LogP contribution in [0.1, 0.15) is 6.92 Å². The Balaban J connectivity index is 1.85. The normalized spacial score (nSPS) is 10.8. The van der Waals surface area contributed by atoms with Crippen LogP contribution in [0, 0.1) is 0 Å². The zero-order chi connectivity index (χ0) is 21.1. The van der Waals surface area contributed by atoms with Gasteiger partial charge in [0.2, 0.25) is 5.95 Å². The maximum atomic E-state index is 13.2. The lowest BCUT2D eigenvalue weighted by molar-refractivity contribution is 0.394. The van der Waals surface area contributed by atoms with Crippen LogP contribution in [0.5, 0.6) is 11.5 Å². The van der Waals surface area contributed by atoms with E-state index < -0.39 is 0 Å². The Labute approximate surface area is 172 Å². The summed E-state index contributed by atoms with van der Waals surface area (Å²) in [5.41, 5.74) is 2.68. The Morgan fingerprint density at radius 2 is 1.70 bits per heavy atom. The van der Waals surface area contributed by atoms with Crippen molar-refractivity contribution in [3.63, 3.8) is 0 Å². The van der Waals surface area contributed by atoms with Gasteiger partial charge >= 0.3 is 0 Å². The van der Waals surface area contributed by atoms with Crippen molar-refractivity contribution in [2.45, 2.75) is 13.5 Å². The number of aromatic nitrogens is 5. The highest BCUT2D eigenvalue weighted by Crippen LogP contribution is 2.29. The largest absolute Gasteiger partial charge is 0.497 e. The zero-order valence-electron chi connectivity index (χ0n) is 16.8. The van der Waals surface area contributed by atoms with Crippen molar-refractivity contribution in [1.82, 2.24) is 24.7 Å². The van der Waals surface area contributed by atoms with Gasteiger partial charge in [0.05, 0.1) is 14.2 Å². The van der Waals surface area contributed by atoms with Gasteiger partial charge in [-0.2, -0.15) is 4.98 Å². The standard InChI is InChI=1S/C21H20N6O3/c1-4-27-19-18(25-26-21(24-19)23-14-5-7-22-8-6-14)12-17(20(27)28)13-9-15(29-2)11-16(10-13)30-3/h5-12H,4H2,1-3H3,(H,22,23,24,26). The number of methoxy groups -OCH3 is 2. The van der Waals surface area contributed by atoms with Crippen molar-refractivity contribution in [2.24, 2.45) is 0 Å². The predicted molar refractivity (Wildman–Crippen MR) is 113 cm³/mol. The summed E-state index contributed by atoms with van der Waals surface area (Å²) in [4.78, 5) is 21.7. The van der Waals surface area contributed by atoms with Crippen LogP contribution in [0.25, 0.3) is 22.3 Å². The summed E-state index contributed by atoms with van der Waals surface area (Å²) in [6.07, 6.45) is 3.32. The maximum Gasteiger partial charge on any atom is 0.260 e. The number of rotatable bonds is 6. The Kier molecular flexibility index (Phi) is 5.25. The summed E-state index contributed by atoms with van der Waals surface area (Å²) in [7, 11) is 3.13. The van der Waals surface area contributed by atoms with Crippen LogP contribution in [0.2, 0.25) is 0 Å². The highest BCUT2D eigenvalue weighted by molar-refractivity contribution is 5.79. The second kappa shape index (κ2) is 8.16. The molecule has 0 aliphatic rings. The number of fused-ring (bicyclic) bond motifs is 1. The fourth-order valence-corrected chi connectivity index (χ4v) is 3.14. The van der Waals surface area contributed by atoms with Crippen molar-refractivity contribution in [2.75, 3.05) is 19.5 Å². The number of ether oxygens (including phenoxy) is 2. The lowest BCUT2D eigenvalue weighted by atomic mass is 10.1. The smallest absolute Gasteiger partial charge is 0.260 e. The molecule has 30 heavy (non-hydrogen) atoms. The summed E-state index contributed by atoms with van der Waals surface area (Å²) in [5, 5.41) is 11.5. The maximum absolute atomic E-state index is 13.2. The molecular formula is C21H20N6O3. The molecule has 1 N–H and O–H groups in total. The molecule has 0 amide bonds. The van der Waals surface area contributed by atoms with E-state index in [-0.39, 0.29) is 5.56 Å². The summed E-state index contributed by atoms with van der Waals surface area (Å²) >= 11 is 0. The van der Waals surface area contributed by atoms with Gasteiger partial charge in [-0.1, -0.05) is 0 Å². The summed E-state index contributed by atoms with van der Waals surface area (Å²) in [6.45, 7) is 2.31. The zero-order valence-corrected chi connectivity index (χ0v) is 16.8. The van der Waals surface area contributed by atoms with Gasteiger partial charge in [0.15, 0.2) is 5.65 Å². The molecule has 152 valence electrons. The van der Waals surface area contributed by atoms with E-state index >= 15 is 0 Å². The Bertz CT molecular complexity index is 1230. The van der Waals surface area contributed by atoms with E-state index in [1.165, 1.54) is 0 Å². The van der Waals surface area contributed by atoms with Crippen LogP contribution in [0.4, 0.5) is 11.6 Å². The number of nitrogens with one attached hydrogen (secondary N) is 1. The predicted octanol–water partition coefficient (Wildman–Crippen LogP) is 3.03. The average Bonchev–Trinajstić information content (AvgIpc) is 2.79. The number of benzene rings is 1. The molecule has 1 aromatic carbocycles. The number of hydrogen-bond donors (Lipinski definition) is 1. The molecule has 9 heteroatoms. The molecule has 0 spiro atoms. The van der Waals surface area contributed by atoms with Gasteiger partial charge in [0.25, 0.3) is 5.56 Å². The summed E-state index contributed by atoms with van der Waals surface area (Å²) in [6, 6.07) is 10.6. The second-order valence-corrected chi connectivity index (χ2v) is 6.41. The van der Waals surface area contributed by atoms with Gasteiger partial charge in [-0.3, -0.25) is 14.3 Å². The van der Waals surface area contributed by atoms with E-state index in [1.807, 2.05) is 6.92 Å². The van der Waals surface area contributed by atoms with Crippen molar-refractivity contribution in [3.05, 3.63) is 59.1 Å². The minimum atomic E-state index is -0.185. The highest BCUT2D eigenvalue weighted by atomic mass is 16.5. The molecule has 0 aliphatic carbocycles. The third-order valence-electron chi connectivity index (χ3n) is 4.62. The topological polar surface area (TPSA) is 104 Å². The molecule has 0 radical (unpaired) electrons. The fourth-order valence-electron chi connectivity index (χ4n) is 3.14. The molecule has 0 bridgehead atoms. The van der Waals surface area contributed by atoms with Gasteiger partial charge < -0.3 is 14.8 Å². The van der Waals surface area contributed by atoms with E-state index in [0.717, 1.165) is 5.69 Å². The number of anilines is 2. The molecule has 3 heterocycles. The average molecular weight is 404 g/mol. The van der Waals surface area contributed by atoms with Crippen LogP contribution in [0.3, 0.4) is 0 Å². The second-order valence-electron chi connectivity index (χ2n) is 6.41. The fraction of sp³-hybridized carbons (Fsp3) is 0.190. The molecule has 9 nitrogen and oxygen atoms in total. The molecular weight excluding hydrogens is 384 g/mol. The van der Waals surface area contributed by atoms with Gasteiger partial charge in [-0.25, -0.2) is 0 Å². The van der Waals surface area contributed by atoms with E-state index in [9.17, 15) is 4.79 Å². The van der Waals surface area contributed by atoms with Crippen molar-refractivity contribution < 1.29 is 9.47 Å². The monoisotopic (exact) mass is 404 g/mol. The van der Waals surface area contributed by atoms with Gasteiger partial charge in [0.1, 0.15) is 17.0 Å². The third kappa shape index (κ3) is 3.64. The Morgan fingerprint density at radius 3 is 2.33 bits per heavy atom. The van der Waals surface area contributed by atoms with Crippen LogP contribution in [-0.4, -0.2) is 39.0 Å². The van der Waals surface area contributed by atoms with E-state index in [0.29, 0.717) is 46.3 Å². The number of nitrogens with zero attached hydrogens (tertiary/aromatic N) is 5. The van der Waals surface area contributed by atoms with Crippen molar-refractivity contribution in [3.8, 4) is 22.6 Å². The minimum absolute atomic E-state index is 0.185. The van der Waals surface area contributed by atoms with Crippen LogP contribution in [0.15, 0.2) is 53.6 Å². The molecule has 0 saturated carbocycles. The Hall–Kier alpha value is -4.01. The van der Waals surface area contributed by atoms with Gasteiger partial charge in [-0.15, -0.1) is 10.2 Å². The van der Waals surface area contributed by atoms with E-state index in [2.05, 4.69) is 25.5 Å². The first-order valence-electron chi connectivity index (χ1n) is 9.31. The van der Waals surface area contributed by atoms with E-state index in [1.54, 1.807) is 67.6 Å². The van der Waals surface area contributed by atoms with Gasteiger partial charge in [0, 0.05) is 36.3 Å². The minimum Gasteiger partial charge on any atom is -0.497 e. The first-order chi connectivity index (χ1) is 14.6. The SMILES string of the molecule is CCn1c(=O)c(-c2cc(OC)cc(OC)c2)cc2nnc(Nc3ccncc3)nc21. The quantitative estimate of drug-likeness (QED) is 0.523. The molecule has 4 aromatic rings. The summed E-state index contributed by atoms with van der Waals surface area (Å²) < 4.78 is 12.2. The lowest BCUT2D eigenvalue weighted by Gasteiger charge is -2.12. The van der Waals surface area contributed by atoms with Crippen molar-refractivity contribution in [1.29, 1.82) is 0 Å². The highest BCUT2D eigenvalue weighted by Gasteiger charge is 2.15. The van der Waals surface area contributed by atoms with Crippen molar-refractivity contribution >= 4 is 22.8 Å². The number of pyridine rings is 2. The first-order valence-corrected chi connectivity index (χ1v) is 9.31.